The average Bonchev–Trinajstić information content (AvgIpc) is 3.44. The van der Waals surface area contributed by atoms with Crippen LogP contribution in [0.15, 0.2) is 23.1 Å². The van der Waals surface area contributed by atoms with Crippen molar-refractivity contribution in [2.24, 2.45) is 0 Å². The molecule has 0 aliphatic heterocycles. The maximum Gasteiger partial charge on any atom is 0.338 e. The highest BCUT2D eigenvalue weighted by molar-refractivity contribution is 7.89. The molecule has 0 aromatic heterocycles. The van der Waals surface area contributed by atoms with Gasteiger partial charge in [0.2, 0.25) is 10.0 Å². The molecule has 2 aliphatic rings. The maximum absolute atomic E-state index is 12.3. The minimum absolute atomic E-state index is 0.0178. The third kappa shape index (κ3) is 4.71. The van der Waals surface area contributed by atoms with Gasteiger partial charge in [0, 0.05) is 12.1 Å². The van der Waals surface area contributed by atoms with E-state index >= 15 is 0 Å². The van der Waals surface area contributed by atoms with Crippen molar-refractivity contribution in [3.63, 3.8) is 0 Å². The molecule has 2 N–H and O–H groups in total. The number of esters is 1. The normalized spacial score (nSPS) is 18.5. The van der Waals surface area contributed by atoms with Crippen molar-refractivity contribution in [1.29, 1.82) is 0 Å². The van der Waals surface area contributed by atoms with Crippen LogP contribution >= 0.6 is 11.6 Å². The van der Waals surface area contributed by atoms with Crippen LogP contribution in [0.2, 0.25) is 5.02 Å². The molecule has 1 aromatic carbocycles. The van der Waals surface area contributed by atoms with Crippen molar-refractivity contribution in [3.05, 3.63) is 28.8 Å². The number of sulfonamides is 1. The van der Waals surface area contributed by atoms with Gasteiger partial charge in [-0.05, 0) is 50.8 Å². The second kappa shape index (κ2) is 6.93. The number of carbonyl (C=O) groups is 2. The summed E-state index contributed by atoms with van der Waals surface area (Å²) in [5.41, 5.74) is 0.0200. The van der Waals surface area contributed by atoms with Gasteiger partial charge >= 0.3 is 5.97 Å². The molecule has 0 spiro atoms. The second-order valence-corrected chi connectivity index (χ2v) is 8.46. The molecule has 136 valence electrons. The molecule has 3 rings (SSSR count). The highest BCUT2D eigenvalue weighted by Gasteiger charge is 2.31. The van der Waals surface area contributed by atoms with Gasteiger partial charge in [0.1, 0.15) is 4.90 Å². The Morgan fingerprint density at radius 2 is 1.84 bits per heavy atom. The molecule has 0 bridgehead atoms. The lowest BCUT2D eigenvalue weighted by atomic mass is 10.2. The summed E-state index contributed by atoms with van der Waals surface area (Å²) >= 11 is 5.97. The molecule has 2 fully saturated rings. The number of nitrogens with one attached hydrogen (secondary N) is 2. The Morgan fingerprint density at radius 3 is 2.44 bits per heavy atom. The average molecular weight is 387 g/mol. The first-order chi connectivity index (χ1) is 11.8. The molecule has 1 atom stereocenters. The molecule has 2 saturated carbocycles. The molecule has 9 heteroatoms. The van der Waals surface area contributed by atoms with Crippen LogP contribution < -0.4 is 10.0 Å². The van der Waals surface area contributed by atoms with Crippen LogP contribution in [0.1, 0.15) is 43.0 Å². The summed E-state index contributed by atoms with van der Waals surface area (Å²) in [5.74, 6) is -1.15. The van der Waals surface area contributed by atoms with E-state index in [9.17, 15) is 18.0 Å². The first-order valence-corrected chi connectivity index (χ1v) is 9.95. The Bertz CT molecular complexity index is 803. The Morgan fingerprint density at radius 1 is 1.20 bits per heavy atom. The Labute approximate surface area is 151 Å². The minimum atomic E-state index is -3.81. The fraction of sp³-hybridized carbons (Fsp3) is 0.500. The number of hydrogen-bond donors (Lipinski definition) is 2. The van der Waals surface area contributed by atoms with Gasteiger partial charge in [-0.3, -0.25) is 4.79 Å². The van der Waals surface area contributed by atoms with Crippen LogP contribution in [-0.2, 0) is 19.6 Å². The van der Waals surface area contributed by atoms with Gasteiger partial charge in [0.15, 0.2) is 6.10 Å². The van der Waals surface area contributed by atoms with Crippen LogP contribution in [0.5, 0.6) is 0 Å². The molecule has 0 heterocycles. The molecular formula is C16H19ClN2O5S. The van der Waals surface area contributed by atoms with Crippen molar-refractivity contribution in [2.45, 2.75) is 55.7 Å². The molecule has 1 amide bonds. The van der Waals surface area contributed by atoms with Gasteiger partial charge in [-0.2, -0.15) is 0 Å². The SMILES string of the molecule is C[C@@H](OC(=O)c1ccc(Cl)c(S(=O)(=O)NC2CC2)c1)C(=O)NC1CC1. The molecular weight excluding hydrogens is 368 g/mol. The first-order valence-electron chi connectivity index (χ1n) is 8.09. The van der Waals surface area contributed by atoms with Crippen LogP contribution in [-0.4, -0.2) is 38.5 Å². The zero-order valence-corrected chi connectivity index (χ0v) is 15.2. The lowest BCUT2D eigenvalue weighted by Gasteiger charge is -2.14. The zero-order chi connectivity index (χ0) is 18.2. The summed E-state index contributed by atoms with van der Waals surface area (Å²) in [6, 6.07) is 3.94. The molecule has 7 nitrogen and oxygen atoms in total. The van der Waals surface area contributed by atoms with Gasteiger partial charge in [0.25, 0.3) is 5.91 Å². The molecule has 2 aliphatic carbocycles. The molecule has 1 aromatic rings. The summed E-state index contributed by atoms with van der Waals surface area (Å²) in [4.78, 5) is 23.9. The third-order valence-corrected chi connectivity index (χ3v) is 5.93. The van der Waals surface area contributed by atoms with Crippen LogP contribution in [0, 0.1) is 0 Å². The van der Waals surface area contributed by atoms with Crippen molar-refractivity contribution in [3.8, 4) is 0 Å². The highest BCUT2D eigenvalue weighted by atomic mass is 35.5. The van der Waals surface area contributed by atoms with Gasteiger partial charge in [-0.25, -0.2) is 17.9 Å². The number of halogens is 1. The molecule has 0 unspecified atom stereocenters. The number of benzene rings is 1. The molecule has 0 saturated heterocycles. The second-order valence-electron chi connectivity index (χ2n) is 6.37. The summed E-state index contributed by atoms with van der Waals surface area (Å²) < 4.78 is 32.3. The Hall–Kier alpha value is -1.64. The van der Waals surface area contributed by atoms with Crippen LogP contribution in [0.3, 0.4) is 0 Å². The number of hydrogen-bond acceptors (Lipinski definition) is 5. The number of rotatable bonds is 7. The van der Waals surface area contributed by atoms with Gasteiger partial charge in [-0.1, -0.05) is 11.6 Å². The fourth-order valence-corrected chi connectivity index (χ4v) is 3.98. The van der Waals surface area contributed by atoms with E-state index < -0.39 is 22.1 Å². The van der Waals surface area contributed by atoms with E-state index in [1.807, 2.05) is 0 Å². The summed E-state index contributed by atoms with van der Waals surface area (Å²) in [5, 5.41) is 2.76. The van der Waals surface area contributed by atoms with E-state index in [0.29, 0.717) is 0 Å². The molecule has 25 heavy (non-hydrogen) atoms. The topological polar surface area (TPSA) is 102 Å². The van der Waals surface area contributed by atoms with E-state index in [1.165, 1.54) is 25.1 Å². The standard InChI is InChI=1S/C16H19ClN2O5S/c1-9(15(20)18-11-3-4-11)24-16(21)10-2-7-13(17)14(8-10)25(22,23)19-12-5-6-12/h2,7-9,11-12,19H,3-6H2,1H3,(H,18,20)/t9-/m1/s1. The third-order valence-electron chi connectivity index (χ3n) is 3.93. The summed E-state index contributed by atoms with van der Waals surface area (Å²) in [6.07, 6.45) is 2.46. The monoisotopic (exact) mass is 386 g/mol. The maximum atomic E-state index is 12.3. The van der Waals surface area contributed by atoms with E-state index in [0.717, 1.165) is 25.7 Å². The number of carbonyl (C=O) groups excluding carboxylic acids is 2. The highest BCUT2D eigenvalue weighted by Crippen LogP contribution is 2.27. The quantitative estimate of drug-likeness (QED) is 0.693. The van der Waals surface area contributed by atoms with Crippen molar-refractivity contribution in [1.82, 2.24) is 10.0 Å². The number of amides is 1. The zero-order valence-electron chi connectivity index (χ0n) is 13.6. The van der Waals surface area contributed by atoms with E-state index in [-0.39, 0.29) is 33.5 Å². The van der Waals surface area contributed by atoms with E-state index in [2.05, 4.69) is 10.0 Å². The summed E-state index contributed by atoms with van der Waals surface area (Å²) in [7, 11) is -3.81. The predicted octanol–water partition coefficient (Wildman–Crippen LogP) is 1.60. The summed E-state index contributed by atoms with van der Waals surface area (Å²) in [6.45, 7) is 1.47. The van der Waals surface area contributed by atoms with Gasteiger partial charge < -0.3 is 10.1 Å². The number of ether oxygens (including phenoxy) is 1. The van der Waals surface area contributed by atoms with E-state index in [1.54, 1.807) is 0 Å². The smallest absolute Gasteiger partial charge is 0.338 e. The lowest BCUT2D eigenvalue weighted by molar-refractivity contribution is -0.129. The van der Waals surface area contributed by atoms with Crippen LogP contribution in [0.25, 0.3) is 0 Å². The van der Waals surface area contributed by atoms with Crippen molar-refractivity contribution in [2.75, 3.05) is 0 Å². The van der Waals surface area contributed by atoms with Crippen molar-refractivity contribution >= 4 is 33.5 Å². The fourth-order valence-electron chi connectivity index (χ4n) is 2.15. The van der Waals surface area contributed by atoms with Gasteiger partial charge in [0.05, 0.1) is 10.6 Å². The van der Waals surface area contributed by atoms with E-state index in [4.69, 9.17) is 16.3 Å². The van der Waals surface area contributed by atoms with Gasteiger partial charge in [-0.15, -0.1) is 0 Å². The minimum Gasteiger partial charge on any atom is -0.449 e. The first kappa shape index (κ1) is 18.2. The molecule has 0 radical (unpaired) electrons. The van der Waals surface area contributed by atoms with Crippen molar-refractivity contribution < 1.29 is 22.7 Å². The largest absolute Gasteiger partial charge is 0.449 e. The predicted molar refractivity (Wildman–Crippen MR) is 90.8 cm³/mol. The Kier molecular flexibility index (Phi) is 5.04. The Balaban J connectivity index is 1.71. The lowest BCUT2D eigenvalue weighted by Crippen LogP contribution is -2.37. The van der Waals surface area contributed by atoms with Crippen LogP contribution in [0.4, 0.5) is 0 Å².